The Kier molecular flexibility index (Phi) is 10.7. The Labute approximate surface area is 164 Å². The highest BCUT2D eigenvalue weighted by Crippen LogP contribution is 2.28. The summed E-state index contributed by atoms with van der Waals surface area (Å²) in [6.07, 6.45) is 3.75. The van der Waals surface area contributed by atoms with E-state index in [1.165, 1.54) is 12.8 Å². The van der Waals surface area contributed by atoms with Crippen molar-refractivity contribution in [1.82, 2.24) is 14.9 Å². The van der Waals surface area contributed by atoms with E-state index in [4.69, 9.17) is 4.74 Å². The van der Waals surface area contributed by atoms with E-state index in [1.54, 1.807) is 0 Å². The highest BCUT2D eigenvalue weighted by Gasteiger charge is 2.23. The molecule has 0 amide bonds. The molecule has 7 nitrogen and oxygen atoms in total. The summed E-state index contributed by atoms with van der Waals surface area (Å²) < 4.78 is 31.0. The minimum atomic E-state index is -3.26. The highest BCUT2D eigenvalue weighted by molar-refractivity contribution is 14.0. The maximum Gasteiger partial charge on any atom is 0.209 e. The first kappa shape index (κ1) is 23.9. The fraction of sp³-hybridized carbons (Fsp3) is 0.933. The molecule has 0 bridgehead atoms. The summed E-state index contributed by atoms with van der Waals surface area (Å²) in [6, 6.07) is 0. The number of hydrogen-bond donors (Lipinski definition) is 2. The van der Waals surface area contributed by atoms with E-state index in [-0.39, 0.29) is 24.0 Å². The molecule has 144 valence electrons. The molecule has 1 aliphatic rings. The summed E-state index contributed by atoms with van der Waals surface area (Å²) in [7, 11) is -1.30. The van der Waals surface area contributed by atoms with E-state index >= 15 is 0 Å². The largest absolute Gasteiger partial charge is 0.379 e. The zero-order valence-electron chi connectivity index (χ0n) is 15.5. The van der Waals surface area contributed by atoms with Crippen LogP contribution in [0, 0.1) is 5.92 Å². The van der Waals surface area contributed by atoms with E-state index in [0.717, 1.165) is 37.8 Å². The zero-order chi connectivity index (χ0) is 17.5. The molecule has 0 aliphatic heterocycles. The molecular formula is C15H33IN4O3S. The summed E-state index contributed by atoms with van der Waals surface area (Å²) in [6.45, 7) is 9.03. The molecule has 2 N–H and O–H groups in total. The topological polar surface area (TPSA) is 83.0 Å². The molecule has 0 radical (unpaired) electrons. The predicted molar refractivity (Wildman–Crippen MR) is 110 cm³/mol. The number of nitrogens with zero attached hydrogens (tertiary/aromatic N) is 2. The average molecular weight is 476 g/mol. The van der Waals surface area contributed by atoms with Crippen LogP contribution in [0.5, 0.6) is 0 Å². The molecule has 0 spiro atoms. The number of rotatable bonds is 10. The van der Waals surface area contributed by atoms with Crippen molar-refractivity contribution in [3.8, 4) is 0 Å². The van der Waals surface area contributed by atoms with Crippen molar-refractivity contribution in [3.05, 3.63) is 0 Å². The molecule has 0 saturated heterocycles. The SMILES string of the molecule is CCNC(=NCC(C)(C)NS(C)(=O)=O)N(C)CCOCC1CC1.I. The molecule has 0 aromatic heterocycles. The van der Waals surface area contributed by atoms with E-state index in [1.807, 2.05) is 32.7 Å². The second-order valence-electron chi connectivity index (χ2n) is 6.87. The maximum absolute atomic E-state index is 11.4. The molecule has 9 heteroatoms. The third-order valence-corrected chi connectivity index (χ3v) is 4.33. The molecule has 1 aliphatic carbocycles. The molecule has 1 saturated carbocycles. The Balaban J connectivity index is 0.00000529. The summed E-state index contributed by atoms with van der Waals surface area (Å²) in [5.74, 6) is 1.52. The fourth-order valence-corrected chi connectivity index (χ4v) is 3.19. The van der Waals surface area contributed by atoms with Crippen LogP contribution in [0.1, 0.15) is 33.6 Å². The summed E-state index contributed by atoms with van der Waals surface area (Å²) >= 11 is 0. The normalized spacial score (nSPS) is 15.8. The lowest BCUT2D eigenvalue weighted by Gasteiger charge is -2.26. The summed E-state index contributed by atoms with van der Waals surface area (Å²) in [5.41, 5.74) is -0.627. The van der Waals surface area contributed by atoms with Crippen LogP contribution in [-0.2, 0) is 14.8 Å². The predicted octanol–water partition coefficient (Wildman–Crippen LogP) is 1.26. The van der Waals surface area contributed by atoms with Gasteiger partial charge in [-0.15, -0.1) is 24.0 Å². The van der Waals surface area contributed by atoms with Crippen LogP contribution in [0.4, 0.5) is 0 Å². The fourth-order valence-electron chi connectivity index (χ4n) is 2.12. The first-order valence-corrected chi connectivity index (χ1v) is 10.1. The quantitative estimate of drug-likeness (QED) is 0.215. The molecule has 0 atom stereocenters. The average Bonchev–Trinajstić information content (AvgIpc) is 3.20. The number of aliphatic imine (C=N–C) groups is 1. The smallest absolute Gasteiger partial charge is 0.209 e. The number of hydrogen-bond acceptors (Lipinski definition) is 4. The van der Waals surface area contributed by atoms with Gasteiger partial charge in [-0.3, -0.25) is 4.99 Å². The Morgan fingerprint density at radius 1 is 1.38 bits per heavy atom. The monoisotopic (exact) mass is 476 g/mol. The van der Waals surface area contributed by atoms with Gasteiger partial charge in [-0.25, -0.2) is 13.1 Å². The zero-order valence-corrected chi connectivity index (χ0v) is 18.6. The van der Waals surface area contributed by atoms with Gasteiger partial charge in [0.15, 0.2) is 5.96 Å². The second-order valence-corrected chi connectivity index (χ2v) is 8.62. The number of likely N-dealkylation sites (N-methyl/N-ethyl adjacent to an activating group) is 1. The highest BCUT2D eigenvalue weighted by atomic mass is 127. The van der Waals surface area contributed by atoms with Crippen molar-refractivity contribution in [3.63, 3.8) is 0 Å². The van der Waals surface area contributed by atoms with Gasteiger partial charge < -0.3 is 15.0 Å². The Hall–Kier alpha value is -0.130. The van der Waals surface area contributed by atoms with Gasteiger partial charge in [0.2, 0.25) is 10.0 Å². The summed E-state index contributed by atoms with van der Waals surface area (Å²) in [5, 5.41) is 3.22. The second kappa shape index (κ2) is 10.8. The number of nitrogens with one attached hydrogen (secondary N) is 2. The van der Waals surface area contributed by atoms with Gasteiger partial charge in [-0.05, 0) is 39.5 Å². The van der Waals surface area contributed by atoms with Crippen LogP contribution >= 0.6 is 24.0 Å². The minimum Gasteiger partial charge on any atom is -0.379 e. The molecule has 0 aromatic carbocycles. The van der Waals surface area contributed by atoms with E-state index in [2.05, 4.69) is 15.0 Å². The Morgan fingerprint density at radius 2 is 2.00 bits per heavy atom. The van der Waals surface area contributed by atoms with Gasteiger partial charge >= 0.3 is 0 Å². The van der Waals surface area contributed by atoms with E-state index in [9.17, 15) is 8.42 Å². The first-order chi connectivity index (χ1) is 10.6. The minimum absolute atomic E-state index is 0. The van der Waals surface area contributed by atoms with E-state index in [0.29, 0.717) is 13.2 Å². The molecule has 0 heterocycles. The van der Waals surface area contributed by atoms with Crippen LogP contribution in [0.2, 0.25) is 0 Å². The molecule has 24 heavy (non-hydrogen) atoms. The van der Waals surface area contributed by atoms with Crippen LogP contribution in [0.25, 0.3) is 0 Å². The lowest BCUT2D eigenvalue weighted by molar-refractivity contribution is 0.115. The van der Waals surface area contributed by atoms with Crippen LogP contribution in [0.15, 0.2) is 4.99 Å². The lowest BCUT2D eigenvalue weighted by Crippen LogP contribution is -2.47. The summed E-state index contributed by atoms with van der Waals surface area (Å²) in [4.78, 5) is 6.55. The van der Waals surface area contributed by atoms with Crippen molar-refractivity contribution >= 4 is 40.0 Å². The van der Waals surface area contributed by atoms with Gasteiger partial charge in [-0.1, -0.05) is 0 Å². The van der Waals surface area contributed by atoms with Gasteiger partial charge in [0, 0.05) is 32.3 Å². The maximum atomic E-state index is 11.4. The lowest BCUT2D eigenvalue weighted by atomic mass is 10.1. The molecular weight excluding hydrogens is 443 g/mol. The number of ether oxygens (including phenoxy) is 1. The number of guanidine groups is 1. The van der Waals surface area contributed by atoms with Crippen molar-refractivity contribution in [1.29, 1.82) is 0 Å². The van der Waals surface area contributed by atoms with Crippen molar-refractivity contribution in [2.24, 2.45) is 10.9 Å². The van der Waals surface area contributed by atoms with Crippen LogP contribution in [0.3, 0.4) is 0 Å². The Bertz CT molecular complexity index is 493. The molecule has 1 fully saturated rings. The first-order valence-electron chi connectivity index (χ1n) is 8.19. The third kappa shape index (κ3) is 11.4. The van der Waals surface area contributed by atoms with Crippen LogP contribution < -0.4 is 10.0 Å². The number of halogens is 1. The van der Waals surface area contributed by atoms with Crippen molar-refractivity contribution < 1.29 is 13.2 Å². The van der Waals surface area contributed by atoms with Crippen molar-refractivity contribution in [2.75, 3.05) is 46.2 Å². The van der Waals surface area contributed by atoms with Gasteiger partial charge in [0.25, 0.3) is 0 Å². The van der Waals surface area contributed by atoms with Gasteiger partial charge in [-0.2, -0.15) is 0 Å². The van der Waals surface area contributed by atoms with Crippen molar-refractivity contribution in [2.45, 2.75) is 39.2 Å². The van der Waals surface area contributed by atoms with Gasteiger partial charge in [0.1, 0.15) is 0 Å². The molecule has 1 rings (SSSR count). The van der Waals surface area contributed by atoms with Crippen LogP contribution in [-0.4, -0.2) is 71.0 Å². The van der Waals surface area contributed by atoms with Gasteiger partial charge in [0.05, 0.1) is 19.4 Å². The Morgan fingerprint density at radius 3 is 2.50 bits per heavy atom. The van der Waals surface area contributed by atoms with E-state index < -0.39 is 15.6 Å². The molecule has 0 aromatic rings. The molecule has 0 unspecified atom stereocenters. The standard InChI is InChI=1S/C15H32N4O3S.HI/c1-6-16-14(17-12-15(2,3)18-23(5,20)21)19(4)9-10-22-11-13-7-8-13;/h13,18H,6-12H2,1-5H3,(H,16,17);1H. The number of sulfonamides is 1. The third-order valence-electron chi connectivity index (χ3n) is 3.40.